The van der Waals surface area contributed by atoms with Gasteiger partial charge >= 0.3 is 5.97 Å². The number of nitrogens with one attached hydrogen (secondary N) is 1. The van der Waals surface area contributed by atoms with E-state index < -0.39 is 5.54 Å². The van der Waals surface area contributed by atoms with Crippen LogP contribution in [0.15, 0.2) is 0 Å². The van der Waals surface area contributed by atoms with Gasteiger partial charge in [-0.2, -0.15) is 0 Å². The highest BCUT2D eigenvalue weighted by Gasteiger charge is 2.52. The summed E-state index contributed by atoms with van der Waals surface area (Å²) in [6, 6.07) is 0.241. The maximum absolute atomic E-state index is 12.6. The Bertz CT molecular complexity index is 335. The molecule has 4 nitrogen and oxygen atoms in total. The van der Waals surface area contributed by atoms with E-state index in [9.17, 15) is 4.79 Å². The number of hydrogen-bond donors (Lipinski definition) is 1. The van der Waals surface area contributed by atoms with Gasteiger partial charge in [-0.1, -0.05) is 19.3 Å². The Morgan fingerprint density at radius 3 is 2.38 bits per heavy atom. The zero-order chi connectivity index (χ0) is 15.3. The summed E-state index contributed by atoms with van der Waals surface area (Å²) < 4.78 is 11.5. The van der Waals surface area contributed by atoms with Gasteiger partial charge in [0.2, 0.25) is 0 Å². The molecule has 0 spiro atoms. The van der Waals surface area contributed by atoms with Crippen molar-refractivity contribution < 1.29 is 14.3 Å². The summed E-state index contributed by atoms with van der Waals surface area (Å²) in [6.45, 7) is 6.91. The average molecular weight is 297 g/mol. The largest absolute Gasteiger partial charge is 0.465 e. The van der Waals surface area contributed by atoms with E-state index in [0.29, 0.717) is 25.2 Å². The second-order valence-electron chi connectivity index (χ2n) is 6.84. The molecule has 1 atom stereocenters. The minimum Gasteiger partial charge on any atom is -0.465 e. The van der Waals surface area contributed by atoms with Crippen LogP contribution >= 0.6 is 0 Å². The maximum atomic E-state index is 12.6. The smallest absolute Gasteiger partial charge is 0.329 e. The molecule has 2 rings (SSSR count). The Morgan fingerprint density at radius 1 is 1.19 bits per heavy atom. The summed E-state index contributed by atoms with van der Waals surface area (Å²) in [5, 5.41) is 3.48. The van der Waals surface area contributed by atoms with Crippen LogP contribution < -0.4 is 5.32 Å². The topological polar surface area (TPSA) is 47.6 Å². The van der Waals surface area contributed by atoms with Crippen LogP contribution in [0.4, 0.5) is 0 Å². The van der Waals surface area contributed by atoms with Crippen molar-refractivity contribution in [2.45, 2.75) is 83.4 Å². The van der Waals surface area contributed by atoms with Crippen LogP contribution in [0.2, 0.25) is 0 Å². The molecule has 0 saturated heterocycles. The molecule has 1 N–H and O–H groups in total. The molecule has 0 aromatic heterocycles. The molecule has 0 aromatic rings. The molecule has 0 bridgehead atoms. The molecule has 1 unspecified atom stereocenters. The predicted octanol–water partition coefficient (Wildman–Crippen LogP) is 3.05. The lowest BCUT2D eigenvalue weighted by Crippen LogP contribution is -2.60. The number of carbonyl (C=O) groups is 1. The summed E-state index contributed by atoms with van der Waals surface area (Å²) in [4.78, 5) is 12.6. The van der Waals surface area contributed by atoms with Crippen LogP contribution in [-0.2, 0) is 14.3 Å². The van der Waals surface area contributed by atoms with E-state index >= 15 is 0 Å². The predicted molar refractivity (Wildman–Crippen MR) is 83.2 cm³/mol. The van der Waals surface area contributed by atoms with Gasteiger partial charge in [-0.15, -0.1) is 0 Å². The van der Waals surface area contributed by atoms with Gasteiger partial charge in [0.1, 0.15) is 5.54 Å². The lowest BCUT2D eigenvalue weighted by Gasteiger charge is -2.36. The normalized spacial score (nSPS) is 23.0. The molecule has 2 aliphatic carbocycles. The molecule has 2 aliphatic rings. The second kappa shape index (κ2) is 7.59. The Hall–Kier alpha value is -0.610. The molecule has 0 amide bonds. The minimum atomic E-state index is -0.637. The first-order chi connectivity index (χ1) is 10.1. The molecular weight excluding hydrogens is 266 g/mol. The average Bonchev–Trinajstić information content (AvgIpc) is 3.29. The highest BCUT2D eigenvalue weighted by Crippen LogP contribution is 2.41. The lowest BCUT2D eigenvalue weighted by atomic mass is 9.92. The zero-order valence-corrected chi connectivity index (χ0v) is 13.8. The lowest BCUT2D eigenvalue weighted by molar-refractivity contribution is -0.157. The molecule has 122 valence electrons. The zero-order valence-electron chi connectivity index (χ0n) is 13.8. The van der Waals surface area contributed by atoms with E-state index in [2.05, 4.69) is 19.2 Å². The van der Waals surface area contributed by atoms with E-state index in [-0.39, 0.29) is 12.0 Å². The molecule has 21 heavy (non-hydrogen) atoms. The van der Waals surface area contributed by atoms with E-state index in [0.717, 1.165) is 25.7 Å². The third-order valence-electron chi connectivity index (χ3n) is 4.56. The molecule has 0 aliphatic heterocycles. The van der Waals surface area contributed by atoms with Crippen LogP contribution in [0, 0.1) is 5.92 Å². The van der Waals surface area contributed by atoms with Crippen molar-refractivity contribution in [2.24, 2.45) is 5.92 Å². The molecule has 0 radical (unpaired) electrons. The molecule has 0 aromatic carbocycles. The first-order valence-corrected chi connectivity index (χ1v) is 8.65. The third kappa shape index (κ3) is 4.43. The van der Waals surface area contributed by atoms with Crippen molar-refractivity contribution in [1.82, 2.24) is 5.32 Å². The van der Waals surface area contributed by atoms with Gasteiger partial charge < -0.3 is 9.47 Å². The number of hydrogen-bond acceptors (Lipinski definition) is 4. The fourth-order valence-corrected chi connectivity index (χ4v) is 3.39. The summed E-state index contributed by atoms with van der Waals surface area (Å²) in [5.74, 6) is 0.236. The van der Waals surface area contributed by atoms with Crippen LogP contribution in [0.5, 0.6) is 0 Å². The highest BCUT2D eigenvalue weighted by atomic mass is 16.5. The fraction of sp³-hybridized carbons (Fsp3) is 0.941. The Balaban J connectivity index is 2.03. The van der Waals surface area contributed by atoms with Crippen molar-refractivity contribution in [3.05, 3.63) is 0 Å². The van der Waals surface area contributed by atoms with E-state index in [1.165, 1.54) is 19.3 Å². The van der Waals surface area contributed by atoms with Crippen molar-refractivity contribution in [3.8, 4) is 0 Å². The number of ether oxygens (including phenoxy) is 2. The number of esters is 1. The summed E-state index contributed by atoms with van der Waals surface area (Å²) in [6.07, 6.45) is 8.57. The fourth-order valence-electron chi connectivity index (χ4n) is 3.39. The summed E-state index contributed by atoms with van der Waals surface area (Å²) >= 11 is 0. The molecule has 0 heterocycles. The van der Waals surface area contributed by atoms with Gasteiger partial charge in [-0.05, 0) is 52.4 Å². The van der Waals surface area contributed by atoms with Gasteiger partial charge in [0.15, 0.2) is 0 Å². The SMILES string of the molecule is CCOC(=O)C(COC1CCCCC1)(NC(C)C)C1CC1. The Morgan fingerprint density at radius 2 is 1.86 bits per heavy atom. The summed E-state index contributed by atoms with van der Waals surface area (Å²) in [7, 11) is 0. The van der Waals surface area contributed by atoms with Crippen LogP contribution in [0.3, 0.4) is 0 Å². The van der Waals surface area contributed by atoms with Gasteiger partial charge in [-0.3, -0.25) is 5.32 Å². The molecule has 2 saturated carbocycles. The molecule has 2 fully saturated rings. The number of carbonyl (C=O) groups excluding carboxylic acids is 1. The van der Waals surface area contributed by atoms with Crippen molar-refractivity contribution in [2.75, 3.05) is 13.2 Å². The maximum Gasteiger partial charge on any atom is 0.329 e. The standard InChI is InChI=1S/C17H31NO3/c1-4-20-16(19)17(14-10-11-14,18-13(2)3)12-21-15-8-6-5-7-9-15/h13-15,18H,4-12H2,1-3H3. The van der Waals surface area contributed by atoms with Gasteiger partial charge in [0.05, 0.1) is 19.3 Å². The van der Waals surface area contributed by atoms with Gasteiger partial charge in [-0.25, -0.2) is 4.79 Å². The van der Waals surface area contributed by atoms with Crippen molar-refractivity contribution >= 4 is 5.97 Å². The first-order valence-electron chi connectivity index (χ1n) is 8.65. The van der Waals surface area contributed by atoms with Gasteiger partial charge in [0.25, 0.3) is 0 Å². The Labute approximate surface area is 129 Å². The van der Waals surface area contributed by atoms with Crippen molar-refractivity contribution in [3.63, 3.8) is 0 Å². The summed E-state index contributed by atoms with van der Waals surface area (Å²) in [5.41, 5.74) is -0.637. The Kier molecular flexibility index (Phi) is 6.06. The monoisotopic (exact) mass is 297 g/mol. The number of rotatable bonds is 8. The van der Waals surface area contributed by atoms with Crippen LogP contribution in [-0.4, -0.2) is 36.9 Å². The highest BCUT2D eigenvalue weighted by molar-refractivity contribution is 5.82. The third-order valence-corrected chi connectivity index (χ3v) is 4.56. The molecule has 4 heteroatoms. The van der Waals surface area contributed by atoms with Crippen molar-refractivity contribution in [1.29, 1.82) is 0 Å². The van der Waals surface area contributed by atoms with E-state index in [4.69, 9.17) is 9.47 Å². The second-order valence-corrected chi connectivity index (χ2v) is 6.84. The first kappa shape index (κ1) is 16.8. The van der Waals surface area contributed by atoms with Gasteiger partial charge in [0, 0.05) is 6.04 Å². The van der Waals surface area contributed by atoms with E-state index in [1.54, 1.807) is 0 Å². The van der Waals surface area contributed by atoms with Crippen LogP contribution in [0.25, 0.3) is 0 Å². The minimum absolute atomic E-state index is 0.128. The van der Waals surface area contributed by atoms with E-state index in [1.807, 2.05) is 6.92 Å². The molecular formula is C17H31NO3. The quantitative estimate of drug-likeness (QED) is 0.700. The van der Waals surface area contributed by atoms with Crippen LogP contribution in [0.1, 0.15) is 65.7 Å².